The van der Waals surface area contributed by atoms with Crippen LogP contribution in [-0.4, -0.2) is 0 Å². The zero-order valence-corrected chi connectivity index (χ0v) is 16.7. The van der Waals surface area contributed by atoms with Crippen molar-refractivity contribution < 1.29 is 4.39 Å². The normalized spacial score (nSPS) is 19.5. The maximum absolute atomic E-state index is 14.8. The zero-order valence-electron chi connectivity index (χ0n) is 16.7. The third-order valence-electron chi connectivity index (χ3n) is 6.31. The molecule has 0 amide bonds. The molecule has 3 aromatic rings. The van der Waals surface area contributed by atoms with Gasteiger partial charge in [0.05, 0.1) is 0 Å². The Bertz CT molecular complexity index is 887. The molecular weight excluding hydrogens is 343 g/mol. The van der Waals surface area contributed by atoms with E-state index in [0.717, 1.165) is 22.6 Å². The molecule has 0 nitrogen and oxygen atoms in total. The predicted octanol–water partition coefficient (Wildman–Crippen LogP) is 8.23. The lowest BCUT2D eigenvalue weighted by atomic mass is 9.77. The average Bonchev–Trinajstić information content (AvgIpc) is 2.75. The minimum Gasteiger partial charge on any atom is -0.206 e. The summed E-state index contributed by atoms with van der Waals surface area (Å²) >= 11 is 0. The fourth-order valence-electron chi connectivity index (χ4n) is 4.69. The average molecular weight is 373 g/mol. The molecule has 1 saturated carbocycles. The van der Waals surface area contributed by atoms with Crippen molar-refractivity contribution in [3.63, 3.8) is 0 Å². The van der Waals surface area contributed by atoms with E-state index in [2.05, 4.69) is 31.2 Å². The molecule has 1 aliphatic rings. The first-order chi connectivity index (χ1) is 13.7. The van der Waals surface area contributed by atoms with Crippen LogP contribution in [0.3, 0.4) is 0 Å². The lowest BCUT2D eigenvalue weighted by Gasteiger charge is -2.28. The van der Waals surface area contributed by atoms with Gasteiger partial charge in [-0.05, 0) is 65.8 Å². The second-order valence-electron chi connectivity index (χ2n) is 8.19. The summed E-state index contributed by atoms with van der Waals surface area (Å²) in [5.74, 6) is 1.44. The van der Waals surface area contributed by atoms with Gasteiger partial charge in [0.15, 0.2) is 0 Å². The van der Waals surface area contributed by atoms with E-state index in [4.69, 9.17) is 0 Å². The maximum atomic E-state index is 14.8. The highest BCUT2D eigenvalue weighted by molar-refractivity contribution is 5.71. The van der Waals surface area contributed by atoms with Gasteiger partial charge in [-0.1, -0.05) is 86.5 Å². The highest BCUT2D eigenvalue weighted by Gasteiger charge is 2.21. The van der Waals surface area contributed by atoms with E-state index < -0.39 is 0 Å². The van der Waals surface area contributed by atoms with Crippen molar-refractivity contribution in [2.24, 2.45) is 5.92 Å². The van der Waals surface area contributed by atoms with Crippen molar-refractivity contribution in [1.82, 2.24) is 0 Å². The van der Waals surface area contributed by atoms with Crippen LogP contribution in [0.15, 0.2) is 72.8 Å². The van der Waals surface area contributed by atoms with Crippen LogP contribution in [-0.2, 0) is 0 Å². The Kier molecular flexibility index (Phi) is 5.90. The van der Waals surface area contributed by atoms with Crippen LogP contribution in [0.25, 0.3) is 22.3 Å². The van der Waals surface area contributed by atoms with E-state index >= 15 is 0 Å². The number of benzene rings is 3. The van der Waals surface area contributed by atoms with Crippen LogP contribution < -0.4 is 0 Å². The van der Waals surface area contributed by atoms with Crippen LogP contribution in [0.5, 0.6) is 0 Å². The lowest BCUT2D eigenvalue weighted by Crippen LogP contribution is -2.13. The van der Waals surface area contributed by atoms with E-state index in [0.29, 0.717) is 11.5 Å². The van der Waals surface area contributed by atoms with E-state index in [9.17, 15) is 4.39 Å². The van der Waals surface area contributed by atoms with Crippen LogP contribution in [0, 0.1) is 11.7 Å². The van der Waals surface area contributed by atoms with Gasteiger partial charge in [0, 0.05) is 5.56 Å². The first kappa shape index (κ1) is 18.9. The third kappa shape index (κ3) is 4.19. The molecule has 0 aromatic heterocycles. The van der Waals surface area contributed by atoms with Crippen LogP contribution in [0.2, 0.25) is 0 Å². The Morgan fingerprint density at radius 2 is 1.43 bits per heavy atom. The van der Waals surface area contributed by atoms with E-state index in [1.807, 2.05) is 42.5 Å². The quantitative estimate of drug-likeness (QED) is 0.423. The summed E-state index contributed by atoms with van der Waals surface area (Å²) < 4.78 is 14.8. The molecule has 0 spiro atoms. The first-order valence-corrected chi connectivity index (χ1v) is 10.7. The van der Waals surface area contributed by atoms with Gasteiger partial charge in [0.25, 0.3) is 0 Å². The van der Waals surface area contributed by atoms with Gasteiger partial charge in [0.1, 0.15) is 5.82 Å². The van der Waals surface area contributed by atoms with Gasteiger partial charge >= 0.3 is 0 Å². The first-order valence-electron chi connectivity index (χ1n) is 10.7. The van der Waals surface area contributed by atoms with E-state index in [1.54, 1.807) is 6.07 Å². The van der Waals surface area contributed by atoms with Crippen molar-refractivity contribution in [1.29, 1.82) is 0 Å². The summed E-state index contributed by atoms with van der Waals surface area (Å²) in [7, 11) is 0. The summed E-state index contributed by atoms with van der Waals surface area (Å²) in [5.41, 5.74) is 5.02. The summed E-state index contributed by atoms with van der Waals surface area (Å²) in [4.78, 5) is 0. The molecule has 144 valence electrons. The number of hydrogen-bond acceptors (Lipinski definition) is 0. The fourth-order valence-corrected chi connectivity index (χ4v) is 4.69. The van der Waals surface area contributed by atoms with Gasteiger partial charge in [0.2, 0.25) is 0 Å². The highest BCUT2D eigenvalue weighted by atomic mass is 19.1. The molecule has 3 aromatic carbocycles. The van der Waals surface area contributed by atoms with Crippen LogP contribution in [0.4, 0.5) is 4.39 Å². The van der Waals surface area contributed by atoms with Gasteiger partial charge in [-0.15, -0.1) is 0 Å². The smallest absolute Gasteiger partial charge is 0.131 e. The van der Waals surface area contributed by atoms with Gasteiger partial charge in [-0.3, -0.25) is 0 Å². The molecule has 1 fully saturated rings. The summed E-state index contributed by atoms with van der Waals surface area (Å²) in [5, 5.41) is 0. The van der Waals surface area contributed by atoms with Crippen molar-refractivity contribution in [3.8, 4) is 22.3 Å². The van der Waals surface area contributed by atoms with E-state index in [1.165, 1.54) is 44.1 Å². The molecular formula is C27H29F. The van der Waals surface area contributed by atoms with Crippen molar-refractivity contribution in [3.05, 3.63) is 84.2 Å². The van der Waals surface area contributed by atoms with E-state index in [-0.39, 0.29) is 5.82 Å². The topological polar surface area (TPSA) is 0 Å². The SMILES string of the molecule is CCCC1CCC(c2ccc(-c3ccc(-c4ccccc4)cc3F)cc2)CC1. The van der Waals surface area contributed by atoms with Crippen LogP contribution >= 0.6 is 0 Å². The minimum atomic E-state index is -0.158. The second kappa shape index (κ2) is 8.73. The molecule has 0 aliphatic heterocycles. The molecule has 0 bridgehead atoms. The largest absolute Gasteiger partial charge is 0.206 e. The van der Waals surface area contributed by atoms with Crippen LogP contribution in [0.1, 0.15) is 56.9 Å². The summed E-state index contributed by atoms with van der Waals surface area (Å²) in [6.07, 6.45) is 7.99. The Labute approximate surface area is 168 Å². The molecule has 0 heterocycles. The monoisotopic (exact) mass is 372 g/mol. The highest BCUT2D eigenvalue weighted by Crippen LogP contribution is 2.38. The fraction of sp³-hybridized carbons (Fsp3) is 0.333. The molecule has 1 heteroatoms. The van der Waals surface area contributed by atoms with Gasteiger partial charge in [-0.25, -0.2) is 4.39 Å². The van der Waals surface area contributed by atoms with Crippen molar-refractivity contribution in [2.45, 2.75) is 51.4 Å². The van der Waals surface area contributed by atoms with Crippen molar-refractivity contribution >= 4 is 0 Å². The molecule has 0 radical (unpaired) electrons. The molecule has 0 saturated heterocycles. The van der Waals surface area contributed by atoms with Gasteiger partial charge < -0.3 is 0 Å². The number of rotatable bonds is 5. The second-order valence-corrected chi connectivity index (χ2v) is 8.19. The summed E-state index contributed by atoms with van der Waals surface area (Å²) in [6.45, 7) is 2.29. The predicted molar refractivity (Wildman–Crippen MR) is 117 cm³/mol. The Balaban J connectivity index is 1.48. The molecule has 0 atom stereocenters. The molecule has 1 aliphatic carbocycles. The Morgan fingerprint density at radius 1 is 0.750 bits per heavy atom. The Hall–Kier alpha value is -2.41. The maximum Gasteiger partial charge on any atom is 0.131 e. The number of halogens is 1. The van der Waals surface area contributed by atoms with Crippen molar-refractivity contribution in [2.75, 3.05) is 0 Å². The third-order valence-corrected chi connectivity index (χ3v) is 6.31. The zero-order chi connectivity index (χ0) is 19.3. The molecule has 28 heavy (non-hydrogen) atoms. The lowest BCUT2D eigenvalue weighted by molar-refractivity contribution is 0.308. The standard InChI is InChI=1S/C27H29F/c1-2-6-20-9-11-22(12-10-20)23-13-15-24(16-14-23)26-18-17-25(19-27(26)28)21-7-4-3-5-8-21/h3-5,7-8,13-20,22H,2,6,9-12H2,1H3. The molecule has 0 N–H and O–H groups in total. The number of hydrogen-bond donors (Lipinski definition) is 0. The van der Waals surface area contributed by atoms with Gasteiger partial charge in [-0.2, -0.15) is 0 Å². The molecule has 4 rings (SSSR count). The summed E-state index contributed by atoms with van der Waals surface area (Å²) in [6, 6.07) is 24.1. The molecule has 0 unspecified atom stereocenters. The Morgan fingerprint density at radius 3 is 2.07 bits per heavy atom. The minimum absolute atomic E-state index is 0.158.